The van der Waals surface area contributed by atoms with E-state index in [0.717, 1.165) is 0 Å². The number of rotatable bonds is 1. The second-order valence-corrected chi connectivity index (χ2v) is 4.72. The van der Waals surface area contributed by atoms with Gasteiger partial charge in [0.25, 0.3) is 0 Å². The summed E-state index contributed by atoms with van der Waals surface area (Å²) in [6.45, 7) is 0. The van der Waals surface area contributed by atoms with Crippen molar-refractivity contribution in [3.8, 4) is 17.3 Å². The molecule has 20 heavy (non-hydrogen) atoms. The minimum absolute atomic E-state index is 0.207. The number of benzene rings is 1. The molecule has 3 rings (SSSR count). The van der Waals surface area contributed by atoms with Crippen LogP contribution in [0.5, 0.6) is 0 Å². The fraction of sp³-hybridized carbons (Fsp3) is 0.0714. The van der Waals surface area contributed by atoms with Gasteiger partial charge in [-0.2, -0.15) is 10.4 Å². The number of hydrogen-bond acceptors (Lipinski definition) is 3. The Morgan fingerprint density at radius 1 is 1.40 bits per heavy atom. The van der Waals surface area contributed by atoms with E-state index in [0.29, 0.717) is 21.6 Å². The summed E-state index contributed by atoms with van der Waals surface area (Å²) in [7, 11) is 1.69. The van der Waals surface area contributed by atoms with Gasteiger partial charge in [0.2, 0.25) is 0 Å². The van der Waals surface area contributed by atoms with Gasteiger partial charge < -0.3 is 0 Å². The minimum atomic E-state index is -0.507. The van der Waals surface area contributed by atoms with Crippen LogP contribution in [0, 0.1) is 17.1 Å². The van der Waals surface area contributed by atoms with Crippen LogP contribution < -0.4 is 0 Å². The lowest BCUT2D eigenvalue weighted by Gasteiger charge is -2.09. The smallest absolute Gasteiger partial charge is 0.136 e. The van der Waals surface area contributed by atoms with Gasteiger partial charge in [-0.1, -0.05) is 11.6 Å². The molecule has 0 aliphatic rings. The zero-order chi connectivity index (χ0) is 14.3. The van der Waals surface area contributed by atoms with E-state index in [2.05, 4.69) is 10.1 Å². The first-order chi connectivity index (χ1) is 9.61. The van der Waals surface area contributed by atoms with Crippen molar-refractivity contribution in [3.05, 3.63) is 47.0 Å². The second-order valence-electron chi connectivity index (χ2n) is 4.28. The van der Waals surface area contributed by atoms with E-state index in [1.165, 1.54) is 16.9 Å². The zero-order valence-electron chi connectivity index (χ0n) is 10.4. The summed E-state index contributed by atoms with van der Waals surface area (Å²) < 4.78 is 15.9. The number of fused-ring (bicyclic) bond motifs is 1. The van der Waals surface area contributed by atoms with Gasteiger partial charge in [-0.05, 0) is 12.1 Å². The van der Waals surface area contributed by atoms with E-state index in [-0.39, 0.29) is 11.1 Å². The molecule has 98 valence electrons. The molecule has 0 fully saturated rings. The summed E-state index contributed by atoms with van der Waals surface area (Å²) in [4.78, 5) is 4.05. The number of hydrogen-bond donors (Lipinski definition) is 0. The molecular weight excluding hydrogens is 279 g/mol. The Morgan fingerprint density at radius 3 is 2.85 bits per heavy atom. The van der Waals surface area contributed by atoms with Crippen LogP contribution in [0.4, 0.5) is 4.39 Å². The summed E-state index contributed by atoms with van der Waals surface area (Å²) in [5, 5.41) is 14.3. The second kappa shape index (κ2) is 4.58. The molecule has 0 saturated heterocycles. The first-order valence-corrected chi connectivity index (χ1v) is 6.16. The van der Waals surface area contributed by atoms with E-state index >= 15 is 0 Å². The van der Waals surface area contributed by atoms with Crippen molar-refractivity contribution < 1.29 is 4.39 Å². The van der Waals surface area contributed by atoms with Crippen molar-refractivity contribution in [3.63, 3.8) is 0 Å². The number of nitrogens with zero attached hydrogens (tertiary/aromatic N) is 4. The standard InChI is InChI=1S/C14H8ClFN4/c1-20-13(2-3-19-20)14-10(6-17)9-4-8(15)7-18-12(9)5-11(14)16/h2-5,7H,1H3. The first-order valence-electron chi connectivity index (χ1n) is 5.78. The van der Waals surface area contributed by atoms with Crippen LogP contribution in [-0.4, -0.2) is 14.8 Å². The number of aryl methyl sites for hydroxylation is 1. The third-order valence-corrected chi connectivity index (χ3v) is 3.30. The molecule has 0 N–H and O–H groups in total. The van der Waals surface area contributed by atoms with Crippen molar-refractivity contribution in [2.45, 2.75) is 0 Å². The molecule has 0 bridgehead atoms. The van der Waals surface area contributed by atoms with E-state index in [1.807, 2.05) is 6.07 Å². The molecule has 0 spiro atoms. The fourth-order valence-electron chi connectivity index (χ4n) is 2.20. The Morgan fingerprint density at radius 2 is 2.20 bits per heavy atom. The minimum Gasteiger partial charge on any atom is -0.268 e. The van der Waals surface area contributed by atoms with Crippen LogP contribution in [0.2, 0.25) is 5.02 Å². The molecule has 0 amide bonds. The van der Waals surface area contributed by atoms with Gasteiger partial charge >= 0.3 is 0 Å². The van der Waals surface area contributed by atoms with Crippen molar-refractivity contribution in [1.29, 1.82) is 5.26 Å². The van der Waals surface area contributed by atoms with Gasteiger partial charge in [0.15, 0.2) is 0 Å². The molecule has 6 heteroatoms. The van der Waals surface area contributed by atoms with Crippen LogP contribution in [0.25, 0.3) is 22.2 Å². The zero-order valence-corrected chi connectivity index (χ0v) is 11.2. The maximum absolute atomic E-state index is 14.3. The Labute approximate surface area is 119 Å². The summed E-state index contributed by atoms with van der Waals surface area (Å²) >= 11 is 5.91. The van der Waals surface area contributed by atoms with Gasteiger partial charge in [-0.3, -0.25) is 9.67 Å². The molecule has 0 atom stereocenters. The van der Waals surface area contributed by atoms with Crippen LogP contribution in [0.1, 0.15) is 5.56 Å². The predicted octanol–water partition coefficient (Wildman–Crippen LogP) is 3.30. The highest BCUT2D eigenvalue weighted by Crippen LogP contribution is 2.32. The van der Waals surface area contributed by atoms with Gasteiger partial charge in [-0.25, -0.2) is 4.39 Å². The number of aromatic nitrogens is 3. The van der Waals surface area contributed by atoms with Gasteiger partial charge in [0, 0.05) is 30.9 Å². The highest BCUT2D eigenvalue weighted by atomic mass is 35.5. The third-order valence-electron chi connectivity index (χ3n) is 3.10. The number of pyridine rings is 1. The average Bonchev–Trinajstić information content (AvgIpc) is 2.84. The van der Waals surface area contributed by atoms with Gasteiger partial charge in [0.1, 0.15) is 11.9 Å². The molecule has 0 radical (unpaired) electrons. The summed E-state index contributed by atoms with van der Waals surface area (Å²) in [5.41, 5.74) is 1.35. The van der Waals surface area contributed by atoms with E-state index in [1.54, 1.807) is 25.4 Å². The van der Waals surface area contributed by atoms with Crippen molar-refractivity contribution in [2.75, 3.05) is 0 Å². The van der Waals surface area contributed by atoms with Gasteiger partial charge in [-0.15, -0.1) is 0 Å². The Kier molecular flexibility index (Phi) is 2.88. The van der Waals surface area contributed by atoms with Crippen molar-refractivity contribution >= 4 is 22.5 Å². The molecule has 0 unspecified atom stereocenters. The maximum atomic E-state index is 14.3. The summed E-state index contributed by atoms with van der Waals surface area (Å²) in [5.74, 6) is -0.507. The molecule has 0 aliphatic carbocycles. The Balaban J connectivity index is 2.46. The van der Waals surface area contributed by atoms with Gasteiger partial charge in [0.05, 0.1) is 27.4 Å². The molecule has 2 aromatic heterocycles. The predicted molar refractivity (Wildman–Crippen MR) is 73.6 cm³/mol. The molecule has 1 aromatic carbocycles. The fourth-order valence-corrected chi connectivity index (χ4v) is 2.35. The van der Waals surface area contributed by atoms with Crippen LogP contribution in [-0.2, 0) is 7.05 Å². The molecule has 2 heterocycles. The van der Waals surface area contributed by atoms with Crippen LogP contribution in [0.15, 0.2) is 30.6 Å². The quantitative estimate of drug-likeness (QED) is 0.690. The molecule has 4 nitrogen and oxygen atoms in total. The molecule has 3 aromatic rings. The topological polar surface area (TPSA) is 54.5 Å². The lowest BCUT2D eigenvalue weighted by molar-refractivity contribution is 0.629. The van der Waals surface area contributed by atoms with E-state index < -0.39 is 5.82 Å². The van der Waals surface area contributed by atoms with E-state index in [9.17, 15) is 9.65 Å². The number of nitriles is 1. The lowest BCUT2D eigenvalue weighted by Crippen LogP contribution is -1.99. The van der Waals surface area contributed by atoms with Crippen LogP contribution in [0.3, 0.4) is 0 Å². The lowest BCUT2D eigenvalue weighted by atomic mass is 9.99. The Bertz CT molecular complexity index is 863. The molecular formula is C14H8ClFN4. The van der Waals surface area contributed by atoms with Crippen molar-refractivity contribution in [1.82, 2.24) is 14.8 Å². The first kappa shape index (κ1) is 12.6. The number of halogens is 2. The normalized spacial score (nSPS) is 10.7. The Hall–Kier alpha value is -2.45. The largest absolute Gasteiger partial charge is 0.268 e. The molecule has 0 aliphatic heterocycles. The highest BCUT2D eigenvalue weighted by molar-refractivity contribution is 6.31. The highest BCUT2D eigenvalue weighted by Gasteiger charge is 2.18. The van der Waals surface area contributed by atoms with Crippen molar-refractivity contribution in [2.24, 2.45) is 7.05 Å². The summed E-state index contributed by atoms with van der Waals surface area (Å²) in [6, 6.07) is 6.61. The third kappa shape index (κ3) is 1.82. The SMILES string of the molecule is Cn1nccc1-c1c(F)cc2ncc(Cl)cc2c1C#N. The summed E-state index contributed by atoms with van der Waals surface area (Å²) in [6.07, 6.45) is 2.98. The average molecular weight is 287 g/mol. The van der Waals surface area contributed by atoms with E-state index in [4.69, 9.17) is 11.6 Å². The van der Waals surface area contributed by atoms with Crippen LogP contribution >= 0.6 is 11.6 Å². The monoisotopic (exact) mass is 286 g/mol. The maximum Gasteiger partial charge on any atom is 0.136 e. The molecule has 0 saturated carbocycles.